The third-order valence-electron chi connectivity index (χ3n) is 3.12. The number of carbonyl (C=O) groups excluding carboxylic acids is 3. The van der Waals surface area contributed by atoms with Crippen LogP contribution in [0.3, 0.4) is 0 Å². The second kappa shape index (κ2) is 8.43. The molecular weight excluding hydrogens is 306 g/mol. The number of imide groups is 1. The van der Waals surface area contributed by atoms with Gasteiger partial charge in [-0.25, -0.2) is 4.79 Å². The predicted molar refractivity (Wildman–Crippen MR) is 90.1 cm³/mol. The largest absolute Gasteiger partial charge is 0.452 e. The number of ether oxygens (including phenoxy) is 1. The first-order valence-corrected chi connectivity index (χ1v) is 7.35. The quantitative estimate of drug-likeness (QED) is 0.678. The van der Waals surface area contributed by atoms with Gasteiger partial charge in [0.1, 0.15) is 0 Å². The molecule has 0 saturated carbocycles. The monoisotopic (exact) mass is 323 g/mol. The van der Waals surface area contributed by atoms with Crippen LogP contribution in [0, 0.1) is 6.92 Å². The Morgan fingerprint density at radius 3 is 2.33 bits per heavy atom. The lowest BCUT2D eigenvalue weighted by molar-refractivity contribution is -0.143. The Kier molecular flexibility index (Phi) is 6.02. The number of nitrogens with one attached hydrogen (secondary N) is 1. The van der Waals surface area contributed by atoms with Gasteiger partial charge in [-0.15, -0.1) is 0 Å². The fourth-order valence-corrected chi connectivity index (χ4v) is 1.85. The van der Waals surface area contributed by atoms with Crippen LogP contribution in [0.15, 0.2) is 60.7 Å². The molecule has 0 saturated heterocycles. The summed E-state index contributed by atoms with van der Waals surface area (Å²) in [6.45, 7) is 1.45. The second-order valence-electron chi connectivity index (χ2n) is 5.10. The van der Waals surface area contributed by atoms with Gasteiger partial charge >= 0.3 is 5.97 Å². The fraction of sp³-hybridized carbons (Fsp3) is 0.105. The number of hydrogen-bond acceptors (Lipinski definition) is 4. The first kappa shape index (κ1) is 17.1. The summed E-state index contributed by atoms with van der Waals surface area (Å²) in [4.78, 5) is 34.9. The third-order valence-corrected chi connectivity index (χ3v) is 3.12. The predicted octanol–water partition coefficient (Wildman–Crippen LogP) is 2.51. The van der Waals surface area contributed by atoms with E-state index in [2.05, 4.69) is 5.32 Å². The molecule has 0 aromatic heterocycles. The van der Waals surface area contributed by atoms with Gasteiger partial charge in [-0.3, -0.25) is 14.9 Å². The van der Waals surface area contributed by atoms with Gasteiger partial charge in [0, 0.05) is 11.6 Å². The smallest absolute Gasteiger partial charge is 0.331 e. The molecule has 2 aromatic rings. The number of aryl methyl sites for hydroxylation is 1. The average molecular weight is 323 g/mol. The topological polar surface area (TPSA) is 72.5 Å². The number of amides is 2. The van der Waals surface area contributed by atoms with Gasteiger partial charge in [0.05, 0.1) is 0 Å². The van der Waals surface area contributed by atoms with Crippen LogP contribution >= 0.6 is 0 Å². The highest BCUT2D eigenvalue weighted by Gasteiger charge is 2.11. The van der Waals surface area contributed by atoms with E-state index < -0.39 is 24.4 Å². The summed E-state index contributed by atoms with van der Waals surface area (Å²) < 4.78 is 4.80. The van der Waals surface area contributed by atoms with Crippen molar-refractivity contribution >= 4 is 23.9 Å². The molecule has 0 unspecified atom stereocenters. The SMILES string of the molecule is Cc1ccc(/C=C/C(=O)OCC(=O)NC(=O)c2ccccc2)cc1. The maximum atomic E-state index is 11.8. The van der Waals surface area contributed by atoms with Crippen molar-refractivity contribution in [1.82, 2.24) is 5.32 Å². The van der Waals surface area contributed by atoms with Gasteiger partial charge in [0.25, 0.3) is 11.8 Å². The summed E-state index contributed by atoms with van der Waals surface area (Å²) in [6.07, 6.45) is 2.83. The first-order valence-electron chi connectivity index (χ1n) is 7.35. The third kappa shape index (κ3) is 5.53. The highest BCUT2D eigenvalue weighted by Crippen LogP contribution is 2.05. The molecule has 0 spiro atoms. The molecule has 0 aliphatic carbocycles. The van der Waals surface area contributed by atoms with Gasteiger partial charge in [-0.2, -0.15) is 0 Å². The van der Waals surface area contributed by atoms with Crippen LogP contribution < -0.4 is 5.32 Å². The molecule has 0 heterocycles. The van der Waals surface area contributed by atoms with E-state index in [1.807, 2.05) is 31.2 Å². The number of esters is 1. The minimum Gasteiger partial charge on any atom is -0.452 e. The zero-order valence-corrected chi connectivity index (χ0v) is 13.2. The summed E-state index contributed by atoms with van der Waals surface area (Å²) in [5, 5.41) is 2.15. The van der Waals surface area contributed by atoms with E-state index >= 15 is 0 Å². The molecule has 24 heavy (non-hydrogen) atoms. The van der Waals surface area contributed by atoms with E-state index in [1.54, 1.807) is 36.4 Å². The molecule has 0 fully saturated rings. The van der Waals surface area contributed by atoms with Crippen molar-refractivity contribution in [2.45, 2.75) is 6.92 Å². The fourth-order valence-electron chi connectivity index (χ4n) is 1.85. The molecule has 5 nitrogen and oxygen atoms in total. The molecule has 0 aliphatic rings. The molecule has 5 heteroatoms. The van der Waals surface area contributed by atoms with Crippen LogP contribution in [-0.2, 0) is 14.3 Å². The molecule has 1 N–H and O–H groups in total. The minimum atomic E-state index is -0.680. The highest BCUT2D eigenvalue weighted by atomic mass is 16.5. The zero-order chi connectivity index (χ0) is 17.4. The Morgan fingerprint density at radius 2 is 1.67 bits per heavy atom. The van der Waals surface area contributed by atoms with Gasteiger partial charge in [0.2, 0.25) is 0 Å². The summed E-state index contributed by atoms with van der Waals surface area (Å²) in [7, 11) is 0. The Morgan fingerprint density at radius 1 is 1.00 bits per heavy atom. The molecule has 122 valence electrons. The van der Waals surface area contributed by atoms with Crippen molar-refractivity contribution in [2.24, 2.45) is 0 Å². The summed E-state index contributed by atoms with van der Waals surface area (Å²) >= 11 is 0. The average Bonchev–Trinajstić information content (AvgIpc) is 2.60. The number of carbonyl (C=O) groups is 3. The van der Waals surface area contributed by atoms with Gasteiger partial charge in [-0.05, 0) is 30.7 Å². The summed E-state index contributed by atoms with van der Waals surface area (Å²) in [5.74, 6) is -1.87. The second-order valence-corrected chi connectivity index (χ2v) is 5.10. The van der Waals surface area contributed by atoms with Crippen molar-refractivity contribution in [2.75, 3.05) is 6.61 Å². The van der Waals surface area contributed by atoms with E-state index in [9.17, 15) is 14.4 Å². The normalized spacial score (nSPS) is 10.4. The van der Waals surface area contributed by atoms with E-state index in [4.69, 9.17) is 4.74 Å². The summed E-state index contributed by atoms with van der Waals surface area (Å²) in [6, 6.07) is 15.9. The standard InChI is InChI=1S/C19H17NO4/c1-14-7-9-15(10-8-14)11-12-18(22)24-13-17(21)20-19(23)16-5-3-2-4-6-16/h2-12H,13H2,1H3,(H,20,21,23)/b12-11+. The Labute approximate surface area is 140 Å². The van der Waals surface area contributed by atoms with Crippen LogP contribution in [0.4, 0.5) is 0 Å². The highest BCUT2D eigenvalue weighted by molar-refractivity contribution is 6.05. The van der Waals surface area contributed by atoms with E-state index in [0.717, 1.165) is 11.1 Å². The molecule has 2 amide bonds. The maximum Gasteiger partial charge on any atom is 0.331 e. The first-order chi connectivity index (χ1) is 11.5. The van der Waals surface area contributed by atoms with Crippen molar-refractivity contribution < 1.29 is 19.1 Å². The van der Waals surface area contributed by atoms with E-state index in [0.29, 0.717) is 5.56 Å². The van der Waals surface area contributed by atoms with Gasteiger partial charge in [-0.1, -0.05) is 48.0 Å². The van der Waals surface area contributed by atoms with Crippen LogP contribution in [0.5, 0.6) is 0 Å². The van der Waals surface area contributed by atoms with Crippen LogP contribution in [-0.4, -0.2) is 24.4 Å². The molecule has 0 atom stereocenters. The van der Waals surface area contributed by atoms with Gasteiger partial charge < -0.3 is 4.74 Å². The van der Waals surface area contributed by atoms with Crippen molar-refractivity contribution in [3.8, 4) is 0 Å². The minimum absolute atomic E-state index is 0.358. The number of benzene rings is 2. The number of rotatable bonds is 5. The zero-order valence-electron chi connectivity index (χ0n) is 13.2. The van der Waals surface area contributed by atoms with E-state index in [1.165, 1.54) is 6.08 Å². The molecule has 0 bridgehead atoms. The van der Waals surface area contributed by atoms with Crippen molar-refractivity contribution in [3.05, 3.63) is 77.4 Å². The van der Waals surface area contributed by atoms with Crippen LogP contribution in [0.1, 0.15) is 21.5 Å². The van der Waals surface area contributed by atoms with Crippen molar-refractivity contribution in [3.63, 3.8) is 0 Å². The molecule has 2 aromatic carbocycles. The lowest BCUT2D eigenvalue weighted by Crippen LogP contribution is -2.33. The molecule has 0 radical (unpaired) electrons. The lowest BCUT2D eigenvalue weighted by atomic mass is 10.1. The lowest BCUT2D eigenvalue weighted by Gasteiger charge is -2.04. The maximum absolute atomic E-state index is 11.8. The Bertz CT molecular complexity index is 749. The van der Waals surface area contributed by atoms with Gasteiger partial charge in [0.15, 0.2) is 6.61 Å². The number of hydrogen-bond donors (Lipinski definition) is 1. The molecule has 0 aliphatic heterocycles. The Hall–Kier alpha value is -3.21. The Balaban J connectivity index is 1.78. The van der Waals surface area contributed by atoms with Crippen LogP contribution in [0.2, 0.25) is 0 Å². The molecular formula is C19H17NO4. The van der Waals surface area contributed by atoms with Crippen molar-refractivity contribution in [1.29, 1.82) is 0 Å². The van der Waals surface area contributed by atoms with E-state index in [-0.39, 0.29) is 0 Å². The molecule has 2 rings (SSSR count). The van der Waals surface area contributed by atoms with Crippen LogP contribution in [0.25, 0.3) is 6.08 Å². The summed E-state index contributed by atoms with van der Waals surface area (Å²) in [5.41, 5.74) is 2.33.